The summed E-state index contributed by atoms with van der Waals surface area (Å²) < 4.78 is 3.65. The first-order chi connectivity index (χ1) is 10.6. The zero-order chi connectivity index (χ0) is 15.3. The van der Waals surface area contributed by atoms with E-state index >= 15 is 0 Å². The van der Waals surface area contributed by atoms with Gasteiger partial charge in [0.15, 0.2) is 0 Å². The van der Waals surface area contributed by atoms with Gasteiger partial charge in [0.25, 0.3) is 0 Å². The van der Waals surface area contributed by atoms with Crippen LogP contribution in [0.25, 0.3) is 26.4 Å². The quantitative estimate of drug-likeness (QED) is 0.540. The van der Waals surface area contributed by atoms with Gasteiger partial charge in [-0.3, -0.25) is 0 Å². The molecule has 22 heavy (non-hydrogen) atoms. The molecule has 4 rings (SSSR count). The zero-order valence-corrected chi connectivity index (χ0v) is 14.3. The van der Waals surface area contributed by atoms with Gasteiger partial charge in [-0.15, -0.1) is 0 Å². The average Bonchev–Trinajstić information content (AvgIpc) is 3.10. The molecule has 0 radical (unpaired) electrons. The molecule has 0 aliphatic carbocycles. The van der Waals surface area contributed by atoms with E-state index in [9.17, 15) is 5.11 Å². The molecule has 0 aliphatic heterocycles. The summed E-state index contributed by atoms with van der Waals surface area (Å²) in [6, 6.07) is 19.0. The first kappa shape index (κ1) is 13.8. The third kappa shape index (κ3) is 1.98. The second-order valence-electron chi connectivity index (χ2n) is 6.06. The number of fused-ring (bicyclic) bond motifs is 3. The van der Waals surface area contributed by atoms with E-state index in [1.54, 1.807) is 0 Å². The van der Waals surface area contributed by atoms with Gasteiger partial charge in [0, 0.05) is 0 Å². The van der Waals surface area contributed by atoms with Crippen molar-refractivity contribution in [2.75, 3.05) is 0 Å². The molecule has 0 bridgehead atoms. The molecule has 110 valence electrons. The zero-order valence-electron chi connectivity index (χ0n) is 12.6. The fourth-order valence-electron chi connectivity index (χ4n) is 3.14. The van der Waals surface area contributed by atoms with Gasteiger partial charge in [0.1, 0.15) is 0 Å². The van der Waals surface area contributed by atoms with Crippen LogP contribution in [-0.4, -0.2) is 24.2 Å². The van der Waals surface area contributed by atoms with Crippen molar-refractivity contribution in [3.8, 4) is 4.56 Å². The SMILES string of the molecule is CC(C)(O)c1cccc2c3ccccc3n(-c3ccc[se]3)c12. The van der Waals surface area contributed by atoms with E-state index in [1.807, 2.05) is 26.0 Å². The molecule has 0 atom stereocenters. The number of rotatable bonds is 2. The van der Waals surface area contributed by atoms with Crippen LogP contribution in [0.15, 0.2) is 59.5 Å². The molecule has 0 spiro atoms. The van der Waals surface area contributed by atoms with Crippen molar-refractivity contribution >= 4 is 36.3 Å². The van der Waals surface area contributed by atoms with E-state index in [2.05, 4.69) is 52.0 Å². The van der Waals surface area contributed by atoms with E-state index in [0.717, 1.165) is 11.1 Å². The molecule has 2 aromatic carbocycles. The summed E-state index contributed by atoms with van der Waals surface area (Å²) in [4.78, 5) is 2.23. The van der Waals surface area contributed by atoms with Crippen molar-refractivity contribution < 1.29 is 5.11 Å². The van der Waals surface area contributed by atoms with Gasteiger partial charge in [-0.25, -0.2) is 0 Å². The fourth-order valence-corrected chi connectivity index (χ4v) is 4.71. The second-order valence-corrected chi connectivity index (χ2v) is 8.01. The molecule has 4 aromatic rings. The van der Waals surface area contributed by atoms with Crippen molar-refractivity contribution in [2.45, 2.75) is 19.4 Å². The van der Waals surface area contributed by atoms with Gasteiger partial charge in [0.05, 0.1) is 0 Å². The Labute approximate surface area is 135 Å². The van der Waals surface area contributed by atoms with Gasteiger partial charge in [0.2, 0.25) is 0 Å². The van der Waals surface area contributed by atoms with Crippen LogP contribution in [0, 0.1) is 0 Å². The number of aromatic nitrogens is 1. The summed E-state index contributed by atoms with van der Waals surface area (Å²) in [7, 11) is 0. The Kier molecular flexibility index (Phi) is 3.05. The number of aliphatic hydroxyl groups is 1. The Morgan fingerprint density at radius 1 is 0.909 bits per heavy atom. The monoisotopic (exact) mass is 355 g/mol. The minimum atomic E-state index is -0.870. The summed E-state index contributed by atoms with van der Waals surface area (Å²) in [5.74, 6) is 0. The molecule has 0 aliphatic rings. The first-order valence-corrected chi connectivity index (χ1v) is 9.21. The van der Waals surface area contributed by atoms with E-state index in [-0.39, 0.29) is 0 Å². The number of hydrogen-bond donors (Lipinski definition) is 1. The van der Waals surface area contributed by atoms with Crippen LogP contribution < -0.4 is 0 Å². The Balaban J connectivity index is 2.27. The van der Waals surface area contributed by atoms with E-state index < -0.39 is 5.60 Å². The van der Waals surface area contributed by atoms with Crippen molar-refractivity contribution in [1.29, 1.82) is 0 Å². The predicted octanol–water partition coefficient (Wildman–Crippen LogP) is 4.07. The summed E-state index contributed by atoms with van der Waals surface area (Å²) in [6.07, 6.45) is 0. The van der Waals surface area contributed by atoms with Gasteiger partial charge in [-0.2, -0.15) is 0 Å². The maximum atomic E-state index is 10.6. The van der Waals surface area contributed by atoms with Gasteiger partial charge in [-0.05, 0) is 0 Å². The molecule has 2 heterocycles. The van der Waals surface area contributed by atoms with Crippen LogP contribution in [-0.2, 0) is 5.60 Å². The minimum absolute atomic E-state index is 0.335. The number of benzene rings is 2. The maximum absolute atomic E-state index is 10.6. The number of hydrogen-bond acceptors (Lipinski definition) is 1. The topological polar surface area (TPSA) is 25.2 Å². The molecule has 0 amide bonds. The van der Waals surface area contributed by atoms with E-state index in [4.69, 9.17) is 0 Å². The molecule has 0 saturated heterocycles. The fraction of sp³-hybridized carbons (Fsp3) is 0.158. The van der Waals surface area contributed by atoms with Gasteiger partial charge >= 0.3 is 135 Å². The predicted molar refractivity (Wildman–Crippen MR) is 93.0 cm³/mol. The molecule has 2 nitrogen and oxygen atoms in total. The third-order valence-electron chi connectivity index (χ3n) is 4.08. The van der Waals surface area contributed by atoms with Crippen molar-refractivity contribution in [3.05, 3.63) is 65.1 Å². The first-order valence-electron chi connectivity index (χ1n) is 7.36. The van der Waals surface area contributed by atoms with E-state index in [0.29, 0.717) is 14.5 Å². The molecule has 0 fully saturated rings. The van der Waals surface area contributed by atoms with E-state index in [1.165, 1.54) is 20.9 Å². The Hall–Kier alpha value is -1.80. The molecule has 0 unspecified atom stereocenters. The molecular formula is C19H17NOSe. The summed E-state index contributed by atoms with van der Waals surface area (Å²) in [6.45, 7) is 3.71. The van der Waals surface area contributed by atoms with Crippen LogP contribution in [0.5, 0.6) is 0 Å². The van der Waals surface area contributed by atoms with Crippen LogP contribution in [0.1, 0.15) is 19.4 Å². The Bertz CT molecular complexity index is 958. The van der Waals surface area contributed by atoms with Crippen molar-refractivity contribution in [2.24, 2.45) is 0 Å². The van der Waals surface area contributed by atoms with Crippen LogP contribution in [0.2, 0.25) is 0 Å². The molecule has 3 heteroatoms. The van der Waals surface area contributed by atoms with Crippen molar-refractivity contribution in [3.63, 3.8) is 0 Å². The van der Waals surface area contributed by atoms with Crippen LogP contribution >= 0.6 is 0 Å². The summed E-state index contributed by atoms with van der Waals surface area (Å²) in [5.41, 5.74) is 2.45. The summed E-state index contributed by atoms with van der Waals surface area (Å²) >= 11 is 0.335. The molecule has 0 saturated carbocycles. The third-order valence-corrected chi connectivity index (χ3v) is 5.87. The number of para-hydroxylation sites is 2. The average molecular weight is 354 g/mol. The van der Waals surface area contributed by atoms with Gasteiger partial charge < -0.3 is 0 Å². The summed E-state index contributed by atoms with van der Waals surface area (Å²) in [5, 5.41) is 13.1. The standard InChI is InChI=1S/C19H17NOSe/c1-19(2,21)15-9-5-8-14-13-7-3-4-10-16(13)20(18(14)15)17-11-6-12-22-17/h3-12,21H,1-2H3. The van der Waals surface area contributed by atoms with Crippen molar-refractivity contribution in [1.82, 2.24) is 4.57 Å². The molecule has 1 N–H and O–H groups in total. The number of nitrogens with zero attached hydrogens (tertiary/aromatic N) is 1. The molecule has 2 aromatic heterocycles. The van der Waals surface area contributed by atoms with Crippen LogP contribution in [0.4, 0.5) is 0 Å². The Morgan fingerprint density at radius 2 is 1.68 bits per heavy atom. The second kappa shape index (κ2) is 4.85. The molecular weight excluding hydrogens is 337 g/mol. The van der Waals surface area contributed by atoms with Gasteiger partial charge in [-0.1, -0.05) is 0 Å². The van der Waals surface area contributed by atoms with Crippen LogP contribution in [0.3, 0.4) is 0 Å². The normalized spacial score (nSPS) is 12.3. The Morgan fingerprint density at radius 3 is 2.41 bits per heavy atom.